The summed E-state index contributed by atoms with van der Waals surface area (Å²) in [5.74, 6) is 1.16. The molecule has 124 valence electrons. The van der Waals surface area contributed by atoms with E-state index in [1.165, 1.54) is 0 Å². The fourth-order valence-electron chi connectivity index (χ4n) is 2.16. The second-order valence-corrected chi connectivity index (χ2v) is 7.20. The lowest BCUT2D eigenvalue weighted by Crippen LogP contribution is -2.28. The molecule has 2 rings (SSSR count). The van der Waals surface area contributed by atoms with Gasteiger partial charge in [-0.15, -0.1) is 0 Å². The summed E-state index contributed by atoms with van der Waals surface area (Å²) in [6.07, 6.45) is 1.03. The molecular formula is C18H23NO3S. The molecule has 0 spiro atoms. The van der Waals surface area contributed by atoms with Crippen molar-refractivity contribution in [2.45, 2.75) is 31.1 Å². The molecule has 0 aliphatic rings. The summed E-state index contributed by atoms with van der Waals surface area (Å²) < 4.78 is 32.5. The maximum Gasteiger partial charge on any atom is 0.240 e. The van der Waals surface area contributed by atoms with E-state index in [2.05, 4.69) is 18.6 Å². The van der Waals surface area contributed by atoms with Gasteiger partial charge in [-0.25, -0.2) is 13.1 Å². The number of hydrogen-bond acceptors (Lipinski definition) is 3. The van der Waals surface area contributed by atoms with Crippen LogP contribution in [0, 0.1) is 0 Å². The Morgan fingerprint density at radius 1 is 1.04 bits per heavy atom. The molecule has 0 bridgehead atoms. The SMILES string of the molecule is CCC(C)c1ccc(S(=O)(=O)NCCOc2ccccc2)cc1. The predicted octanol–water partition coefficient (Wildman–Crippen LogP) is 3.56. The third-order valence-electron chi connectivity index (χ3n) is 3.78. The van der Waals surface area contributed by atoms with Crippen LogP contribution in [0.15, 0.2) is 59.5 Å². The molecule has 0 amide bonds. The number of para-hydroxylation sites is 1. The second kappa shape index (κ2) is 8.13. The van der Waals surface area contributed by atoms with Gasteiger partial charge in [0.2, 0.25) is 10.0 Å². The van der Waals surface area contributed by atoms with Crippen LogP contribution in [0.3, 0.4) is 0 Å². The van der Waals surface area contributed by atoms with Crippen molar-refractivity contribution in [2.24, 2.45) is 0 Å². The third-order valence-corrected chi connectivity index (χ3v) is 5.25. The molecule has 2 aromatic carbocycles. The van der Waals surface area contributed by atoms with Crippen LogP contribution in [-0.4, -0.2) is 21.6 Å². The second-order valence-electron chi connectivity index (χ2n) is 5.44. The van der Waals surface area contributed by atoms with Crippen molar-refractivity contribution in [1.29, 1.82) is 0 Å². The van der Waals surface area contributed by atoms with Crippen LogP contribution in [0.5, 0.6) is 5.75 Å². The van der Waals surface area contributed by atoms with Gasteiger partial charge in [-0.05, 0) is 42.2 Å². The summed E-state index contributed by atoms with van der Waals surface area (Å²) in [5.41, 5.74) is 1.15. The molecule has 1 atom stereocenters. The normalized spacial score (nSPS) is 12.8. The van der Waals surface area contributed by atoms with Gasteiger partial charge in [-0.3, -0.25) is 0 Å². The zero-order valence-electron chi connectivity index (χ0n) is 13.5. The first-order valence-corrected chi connectivity index (χ1v) is 9.28. The fraction of sp³-hybridized carbons (Fsp3) is 0.333. The zero-order valence-corrected chi connectivity index (χ0v) is 14.3. The summed E-state index contributed by atoms with van der Waals surface area (Å²) >= 11 is 0. The first kappa shape index (κ1) is 17.5. The van der Waals surface area contributed by atoms with Crippen LogP contribution in [0.4, 0.5) is 0 Å². The molecule has 0 heterocycles. The highest BCUT2D eigenvalue weighted by Gasteiger charge is 2.14. The Bertz CT molecular complexity index is 697. The first-order chi connectivity index (χ1) is 11.0. The molecule has 0 fully saturated rings. The van der Waals surface area contributed by atoms with Crippen LogP contribution < -0.4 is 9.46 Å². The summed E-state index contributed by atoms with van der Waals surface area (Å²) in [4.78, 5) is 0.282. The largest absolute Gasteiger partial charge is 0.492 e. The maximum absolute atomic E-state index is 12.2. The van der Waals surface area contributed by atoms with Gasteiger partial charge >= 0.3 is 0 Å². The van der Waals surface area contributed by atoms with Crippen LogP contribution in [0.1, 0.15) is 31.7 Å². The molecule has 0 saturated heterocycles. The van der Waals surface area contributed by atoms with Crippen molar-refractivity contribution < 1.29 is 13.2 Å². The van der Waals surface area contributed by atoms with Crippen molar-refractivity contribution in [1.82, 2.24) is 4.72 Å². The Morgan fingerprint density at radius 2 is 1.70 bits per heavy atom. The van der Waals surface area contributed by atoms with Gasteiger partial charge in [0.25, 0.3) is 0 Å². The molecule has 1 N–H and O–H groups in total. The molecule has 0 saturated carbocycles. The monoisotopic (exact) mass is 333 g/mol. The standard InChI is InChI=1S/C18H23NO3S/c1-3-15(2)16-9-11-18(12-10-16)23(20,21)19-13-14-22-17-7-5-4-6-8-17/h4-12,15,19H,3,13-14H2,1-2H3. The first-order valence-electron chi connectivity index (χ1n) is 7.80. The summed E-state index contributed by atoms with van der Waals surface area (Å²) in [7, 11) is -3.49. The highest BCUT2D eigenvalue weighted by molar-refractivity contribution is 7.89. The lowest BCUT2D eigenvalue weighted by Gasteiger charge is -2.11. The molecule has 2 aromatic rings. The van der Waals surface area contributed by atoms with Crippen LogP contribution in [0.25, 0.3) is 0 Å². The van der Waals surface area contributed by atoms with E-state index in [0.29, 0.717) is 5.92 Å². The van der Waals surface area contributed by atoms with E-state index in [0.717, 1.165) is 17.7 Å². The van der Waals surface area contributed by atoms with Crippen molar-refractivity contribution >= 4 is 10.0 Å². The van der Waals surface area contributed by atoms with E-state index in [9.17, 15) is 8.42 Å². The van der Waals surface area contributed by atoms with Gasteiger partial charge < -0.3 is 4.74 Å². The Labute approximate surface area is 138 Å². The van der Waals surface area contributed by atoms with E-state index in [1.54, 1.807) is 12.1 Å². The van der Waals surface area contributed by atoms with Crippen LogP contribution >= 0.6 is 0 Å². The summed E-state index contributed by atoms with van der Waals surface area (Å²) in [6, 6.07) is 16.4. The number of hydrogen-bond donors (Lipinski definition) is 1. The van der Waals surface area contributed by atoms with Gasteiger partial charge in [0.15, 0.2) is 0 Å². The minimum atomic E-state index is -3.49. The molecule has 0 aliphatic heterocycles. The van der Waals surface area contributed by atoms with Crippen LogP contribution in [-0.2, 0) is 10.0 Å². The number of sulfonamides is 1. The summed E-state index contributed by atoms with van der Waals surface area (Å²) in [5, 5.41) is 0. The molecule has 0 aliphatic carbocycles. The van der Waals surface area contributed by atoms with E-state index in [-0.39, 0.29) is 18.0 Å². The Balaban J connectivity index is 1.88. The molecule has 1 unspecified atom stereocenters. The number of nitrogens with one attached hydrogen (secondary N) is 1. The van der Waals surface area contributed by atoms with Crippen molar-refractivity contribution in [3.8, 4) is 5.75 Å². The zero-order chi connectivity index (χ0) is 16.7. The van der Waals surface area contributed by atoms with Crippen LogP contribution in [0.2, 0.25) is 0 Å². The molecule has 5 heteroatoms. The van der Waals surface area contributed by atoms with Gasteiger partial charge in [0.05, 0.1) is 4.90 Å². The third kappa shape index (κ3) is 5.08. The highest BCUT2D eigenvalue weighted by Crippen LogP contribution is 2.20. The van der Waals surface area contributed by atoms with Gasteiger partial charge in [-0.2, -0.15) is 0 Å². The van der Waals surface area contributed by atoms with Crippen molar-refractivity contribution in [2.75, 3.05) is 13.2 Å². The fourth-order valence-corrected chi connectivity index (χ4v) is 3.17. The lowest BCUT2D eigenvalue weighted by molar-refractivity contribution is 0.323. The lowest BCUT2D eigenvalue weighted by atomic mass is 9.99. The summed E-state index contributed by atoms with van der Waals surface area (Å²) in [6.45, 7) is 4.75. The average molecular weight is 333 g/mol. The minimum Gasteiger partial charge on any atom is -0.492 e. The van der Waals surface area contributed by atoms with Gasteiger partial charge in [0, 0.05) is 6.54 Å². The molecule has 0 aromatic heterocycles. The topological polar surface area (TPSA) is 55.4 Å². The Kier molecular flexibility index (Phi) is 6.19. The molecular weight excluding hydrogens is 310 g/mol. The van der Waals surface area contributed by atoms with Gasteiger partial charge in [0.1, 0.15) is 12.4 Å². The van der Waals surface area contributed by atoms with Crippen molar-refractivity contribution in [3.63, 3.8) is 0 Å². The van der Waals surface area contributed by atoms with E-state index in [1.807, 2.05) is 42.5 Å². The molecule has 23 heavy (non-hydrogen) atoms. The Morgan fingerprint density at radius 3 is 2.30 bits per heavy atom. The van der Waals surface area contributed by atoms with E-state index >= 15 is 0 Å². The Hall–Kier alpha value is -1.85. The maximum atomic E-state index is 12.2. The number of benzene rings is 2. The van der Waals surface area contributed by atoms with Gasteiger partial charge in [-0.1, -0.05) is 44.2 Å². The number of rotatable bonds is 8. The van der Waals surface area contributed by atoms with E-state index < -0.39 is 10.0 Å². The quantitative estimate of drug-likeness (QED) is 0.752. The minimum absolute atomic E-state index is 0.227. The van der Waals surface area contributed by atoms with E-state index in [4.69, 9.17) is 4.74 Å². The predicted molar refractivity (Wildman–Crippen MR) is 92.3 cm³/mol. The average Bonchev–Trinajstić information content (AvgIpc) is 2.59. The molecule has 0 radical (unpaired) electrons. The smallest absolute Gasteiger partial charge is 0.240 e. The highest BCUT2D eigenvalue weighted by atomic mass is 32.2. The van der Waals surface area contributed by atoms with Crippen molar-refractivity contribution in [3.05, 3.63) is 60.2 Å². The molecule has 4 nitrogen and oxygen atoms in total. The number of ether oxygens (including phenoxy) is 1.